The number of hydrogen-bond donors (Lipinski definition) is 1. The number of rotatable bonds is 2. The van der Waals surface area contributed by atoms with Gasteiger partial charge in [0.15, 0.2) is 0 Å². The van der Waals surface area contributed by atoms with Gasteiger partial charge in [-0.15, -0.1) is 13.2 Å². The van der Waals surface area contributed by atoms with E-state index >= 15 is 0 Å². The Kier molecular flexibility index (Phi) is 4.17. The van der Waals surface area contributed by atoms with Gasteiger partial charge in [-0.1, -0.05) is 0 Å². The molecule has 1 fully saturated rings. The Balaban J connectivity index is 2.04. The molecule has 4 nitrogen and oxygen atoms in total. The predicted octanol–water partition coefficient (Wildman–Crippen LogP) is 2.15. The number of alkyl halides is 3. The van der Waals surface area contributed by atoms with Gasteiger partial charge in [-0.25, -0.2) is 0 Å². The third-order valence-corrected chi connectivity index (χ3v) is 3.08. The summed E-state index contributed by atoms with van der Waals surface area (Å²) in [6.45, 7) is 1.09. The number of nitrogens with two attached hydrogens (primary N) is 1. The van der Waals surface area contributed by atoms with Crippen molar-refractivity contribution in [1.82, 2.24) is 4.90 Å². The minimum Gasteiger partial charge on any atom is -0.406 e. The first kappa shape index (κ1) is 14.6. The molecule has 0 bridgehead atoms. The molecule has 1 amide bonds. The van der Waals surface area contributed by atoms with Crippen LogP contribution in [0.5, 0.6) is 5.75 Å². The number of amides is 1. The van der Waals surface area contributed by atoms with Gasteiger partial charge < -0.3 is 15.4 Å². The second-order valence-corrected chi connectivity index (χ2v) is 4.73. The third-order valence-electron chi connectivity index (χ3n) is 3.08. The first-order valence-electron chi connectivity index (χ1n) is 6.26. The number of benzene rings is 1. The van der Waals surface area contributed by atoms with Crippen LogP contribution in [0.25, 0.3) is 0 Å². The summed E-state index contributed by atoms with van der Waals surface area (Å²) in [6, 6.07) is 4.86. The zero-order chi connectivity index (χ0) is 14.8. The minimum atomic E-state index is -4.73. The standard InChI is InChI=1S/C13H15F3N2O2/c14-13(15,16)20-11-5-3-9(4-6-11)12(19)18-7-1-2-10(17)8-18/h3-6,10H,1-2,7-8,17H2. The van der Waals surface area contributed by atoms with Crippen molar-refractivity contribution in [3.05, 3.63) is 29.8 Å². The van der Waals surface area contributed by atoms with Crippen LogP contribution in [0, 0.1) is 0 Å². The van der Waals surface area contributed by atoms with Crippen LogP contribution < -0.4 is 10.5 Å². The van der Waals surface area contributed by atoms with Crippen LogP contribution in [0.15, 0.2) is 24.3 Å². The van der Waals surface area contributed by atoms with Crippen molar-refractivity contribution in [3.63, 3.8) is 0 Å². The average Bonchev–Trinajstić information content (AvgIpc) is 2.37. The SMILES string of the molecule is NC1CCCN(C(=O)c2ccc(OC(F)(F)F)cc2)C1. The van der Waals surface area contributed by atoms with Crippen LogP contribution in [-0.4, -0.2) is 36.3 Å². The molecular weight excluding hydrogens is 273 g/mol. The zero-order valence-electron chi connectivity index (χ0n) is 10.7. The van der Waals surface area contributed by atoms with Gasteiger partial charge in [0, 0.05) is 24.7 Å². The highest BCUT2D eigenvalue weighted by Gasteiger charge is 2.31. The van der Waals surface area contributed by atoms with Crippen molar-refractivity contribution >= 4 is 5.91 Å². The first-order chi connectivity index (χ1) is 9.35. The molecule has 1 aromatic rings. The van der Waals surface area contributed by atoms with Crippen molar-refractivity contribution in [3.8, 4) is 5.75 Å². The van der Waals surface area contributed by atoms with E-state index in [1.807, 2.05) is 0 Å². The number of carbonyl (C=O) groups is 1. The van der Waals surface area contributed by atoms with E-state index < -0.39 is 6.36 Å². The number of hydrogen-bond acceptors (Lipinski definition) is 3. The van der Waals surface area contributed by atoms with Gasteiger partial charge >= 0.3 is 6.36 Å². The van der Waals surface area contributed by atoms with Gasteiger partial charge in [0.2, 0.25) is 0 Å². The second-order valence-electron chi connectivity index (χ2n) is 4.73. The lowest BCUT2D eigenvalue weighted by Gasteiger charge is -2.30. The Morgan fingerprint density at radius 3 is 2.50 bits per heavy atom. The topological polar surface area (TPSA) is 55.6 Å². The van der Waals surface area contributed by atoms with Crippen molar-refractivity contribution < 1.29 is 22.7 Å². The zero-order valence-corrected chi connectivity index (χ0v) is 10.7. The maximum Gasteiger partial charge on any atom is 0.573 e. The molecule has 1 aromatic carbocycles. The number of ether oxygens (including phenoxy) is 1. The van der Waals surface area contributed by atoms with Crippen LogP contribution in [0.4, 0.5) is 13.2 Å². The lowest BCUT2D eigenvalue weighted by molar-refractivity contribution is -0.274. The monoisotopic (exact) mass is 288 g/mol. The Labute approximate surface area is 114 Å². The summed E-state index contributed by atoms with van der Waals surface area (Å²) in [4.78, 5) is 13.8. The van der Waals surface area contributed by atoms with E-state index in [0.29, 0.717) is 18.7 Å². The number of halogens is 3. The van der Waals surface area contributed by atoms with E-state index in [1.54, 1.807) is 4.90 Å². The number of carbonyl (C=O) groups excluding carboxylic acids is 1. The fraction of sp³-hybridized carbons (Fsp3) is 0.462. The summed E-state index contributed by atoms with van der Waals surface area (Å²) in [5.74, 6) is -0.567. The summed E-state index contributed by atoms with van der Waals surface area (Å²) in [7, 11) is 0. The third kappa shape index (κ3) is 3.86. The molecule has 2 rings (SSSR count). The molecule has 7 heteroatoms. The Hall–Kier alpha value is -1.76. The summed E-state index contributed by atoms with van der Waals surface area (Å²) in [6.07, 6.45) is -3.02. The molecule has 1 saturated heterocycles. The largest absolute Gasteiger partial charge is 0.573 e. The molecule has 0 aliphatic carbocycles. The molecule has 1 atom stereocenters. The molecule has 1 aliphatic heterocycles. The molecule has 0 aromatic heterocycles. The fourth-order valence-electron chi connectivity index (χ4n) is 2.18. The van der Waals surface area contributed by atoms with E-state index in [4.69, 9.17) is 5.73 Å². The summed E-state index contributed by atoms with van der Waals surface area (Å²) in [5.41, 5.74) is 6.12. The second kappa shape index (κ2) is 5.70. The van der Waals surface area contributed by atoms with E-state index in [1.165, 1.54) is 12.1 Å². The number of nitrogens with zero attached hydrogens (tertiary/aromatic N) is 1. The van der Waals surface area contributed by atoms with E-state index in [0.717, 1.165) is 25.0 Å². The Morgan fingerprint density at radius 2 is 1.95 bits per heavy atom. The molecule has 110 valence electrons. The Morgan fingerprint density at radius 1 is 1.30 bits per heavy atom. The molecule has 1 aliphatic rings. The molecule has 0 saturated carbocycles. The van der Waals surface area contributed by atoms with Crippen molar-refractivity contribution in [1.29, 1.82) is 0 Å². The van der Waals surface area contributed by atoms with E-state index in [2.05, 4.69) is 4.74 Å². The quantitative estimate of drug-likeness (QED) is 0.907. The summed E-state index contributed by atoms with van der Waals surface area (Å²) in [5, 5.41) is 0. The van der Waals surface area contributed by atoms with E-state index in [-0.39, 0.29) is 17.7 Å². The van der Waals surface area contributed by atoms with Gasteiger partial charge in [0.05, 0.1) is 0 Å². The fourth-order valence-corrected chi connectivity index (χ4v) is 2.18. The van der Waals surface area contributed by atoms with Gasteiger partial charge in [0.25, 0.3) is 5.91 Å². The van der Waals surface area contributed by atoms with E-state index in [9.17, 15) is 18.0 Å². The maximum atomic E-state index is 12.1. The molecule has 0 spiro atoms. The predicted molar refractivity (Wildman–Crippen MR) is 66.2 cm³/mol. The normalized spacial score (nSPS) is 19.8. The number of piperidine rings is 1. The van der Waals surface area contributed by atoms with Crippen molar-refractivity contribution in [2.45, 2.75) is 25.2 Å². The average molecular weight is 288 g/mol. The molecule has 20 heavy (non-hydrogen) atoms. The molecular formula is C13H15F3N2O2. The highest BCUT2D eigenvalue weighted by atomic mass is 19.4. The van der Waals surface area contributed by atoms with Crippen LogP contribution >= 0.6 is 0 Å². The van der Waals surface area contributed by atoms with Gasteiger partial charge in [0.1, 0.15) is 5.75 Å². The molecule has 1 unspecified atom stereocenters. The minimum absolute atomic E-state index is 0.0412. The summed E-state index contributed by atoms with van der Waals surface area (Å²) < 4.78 is 39.8. The highest BCUT2D eigenvalue weighted by molar-refractivity contribution is 5.94. The molecule has 1 heterocycles. The van der Waals surface area contributed by atoms with Gasteiger partial charge in [-0.05, 0) is 37.1 Å². The Bertz CT molecular complexity index is 473. The van der Waals surface area contributed by atoms with Crippen molar-refractivity contribution in [2.24, 2.45) is 5.73 Å². The molecule has 0 radical (unpaired) electrons. The molecule has 2 N–H and O–H groups in total. The number of likely N-dealkylation sites (tertiary alicyclic amines) is 1. The lowest BCUT2D eigenvalue weighted by Crippen LogP contribution is -2.45. The van der Waals surface area contributed by atoms with Gasteiger partial charge in [-0.2, -0.15) is 0 Å². The van der Waals surface area contributed by atoms with Crippen LogP contribution in [0.2, 0.25) is 0 Å². The lowest BCUT2D eigenvalue weighted by atomic mass is 10.1. The van der Waals surface area contributed by atoms with Gasteiger partial charge in [-0.3, -0.25) is 4.79 Å². The highest BCUT2D eigenvalue weighted by Crippen LogP contribution is 2.23. The van der Waals surface area contributed by atoms with Crippen molar-refractivity contribution in [2.75, 3.05) is 13.1 Å². The van der Waals surface area contributed by atoms with Crippen LogP contribution in [-0.2, 0) is 0 Å². The summed E-state index contributed by atoms with van der Waals surface area (Å²) >= 11 is 0. The van der Waals surface area contributed by atoms with Crippen LogP contribution in [0.1, 0.15) is 23.2 Å². The first-order valence-corrected chi connectivity index (χ1v) is 6.26. The maximum absolute atomic E-state index is 12.1. The smallest absolute Gasteiger partial charge is 0.406 e. The van der Waals surface area contributed by atoms with Crippen LogP contribution in [0.3, 0.4) is 0 Å².